The fourth-order valence-electron chi connectivity index (χ4n) is 3.62. The molecular weight excluding hydrogens is 428 g/mol. The molecule has 2 heterocycles. The Labute approximate surface area is 195 Å². The maximum Gasteiger partial charge on any atom is 0.257 e. The minimum atomic E-state index is 0.134. The molecule has 9 nitrogen and oxygen atoms in total. The zero-order valence-corrected chi connectivity index (χ0v) is 18.6. The van der Waals surface area contributed by atoms with Crippen LogP contribution in [0.5, 0.6) is 5.75 Å². The number of hydrogen-bond donors (Lipinski definition) is 3. The number of para-hydroxylation sites is 1. The first-order valence-electron chi connectivity index (χ1n) is 10.7. The van der Waals surface area contributed by atoms with E-state index >= 15 is 0 Å². The molecule has 34 heavy (non-hydrogen) atoms. The predicted molar refractivity (Wildman–Crippen MR) is 133 cm³/mol. The molecule has 9 heteroatoms. The standard InChI is InChI=1S/C25H22N8O/c1-16-14-17(2)33(32-16)25-29-23(27-19-9-4-3-5-10-19)28-24(30-25)31-26-15-21-20-11-7-6-8-18(20)12-13-22(21)34/h3-15,34H,1-2H3,(H2,27,28,29,30,31). The first-order chi connectivity index (χ1) is 16.6. The monoisotopic (exact) mass is 450 g/mol. The second kappa shape index (κ2) is 8.99. The number of phenols is 1. The summed E-state index contributed by atoms with van der Waals surface area (Å²) in [6, 6.07) is 22.9. The van der Waals surface area contributed by atoms with Crippen molar-refractivity contribution in [2.75, 3.05) is 10.7 Å². The van der Waals surface area contributed by atoms with E-state index in [9.17, 15) is 5.11 Å². The van der Waals surface area contributed by atoms with Crippen molar-refractivity contribution in [1.29, 1.82) is 0 Å². The topological polar surface area (TPSA) is 113 Å². The molecule has 0 radical (unpaired) electrons. The van der Waals surface area contributed by atoms with Crippen LogP contribution in [-0.2, 0) is 0 Å². The summed E-state index contributed by atoms with van der Waals surface area (Å²) < 4.78 is 1.65. The number of aromatic nitrogens is 5. The lowest BCUT2D eigenvalue weighted by molar-refractivity contribution is 0.475. The number of nitrogens with one attached hydrogen (secondary N) is 2. The first kappa shape index (κ1) is 21.1. The van der Waals surface area contributed by atoms with E-state index in [4.69, 9.17) is 0 Å². The Balaban J connectivity index is 1.49. The zero-order chi connectivity index (χ0) is 23.5. The van der Waals surface area contributed by atoms with Gasteiger partial charge in [0.25, 0.3) is 5.95 Å². The van der Waals surface area contributed by atoms with E-state index in [0.717, 1.165) is 27.8 Å². The lowest BCUT2D eigenvalue weighted by Gasteiger charge is -2.09. The molecule has 0 atom stereocenters. The number of anilines is 3. The van der Waals surface area contributed by atoms with Gasteiger partial charge in [-0.2, -0.15) is 25.2 Å². The van der Waals surface area contributed by atoms with Crippen LogP contribution in [0, 0.1) is 13.8 Å². The molecule has 0 fully saturated rings. The van der Waals surface area contributed by atoms with Crippen LogP contribution >= 0.6 is 0 Å². The van der Waals surface area contributed by atoms with Crippen molar-refractivity contribution in [2.45, 2.75) is 13.8 Å². The minimum Gasteiger partial charge on any atom is -0.507 e. The summed E-state index contributed by atoms with van der Waals surface area (Å²) in [5.74, 6) is 1.06. The van der Waals surface area contributed by atoms with Crippen LogP contribution in [0.15, 0.2) is 77.9 Å². The quantitative estimate of drug-likeness (QED) is 0.253. The zero-order valence-electron chi connectivity index (χ0n) is 18.6. The summed E-state index contributed by atoms with van der Waals surface area (Å²) >= 11 is 0. The predicted octanol–water partition coefficient (Wildman–Crippen LogP) is 4.72. The molecule has 0 amide bonds. The highest BCUT2D eigenvalue weighted by Gasteiger charge is 2.12. The van der Waals surface area contributed by atoms with Crippen LogP contribution < -0.4 is 10.7 Å². The number of fused-ring (bicyclic) bond motifs is 1. The third-order valence-electron chi connectivity index (χ3n) is 5.16. The van der Waals surface area contributed by atoms with E-state index in [1.165, 1.54) is 0 Å². The van der Waals surface area contributed by atoms with Crippen LogP contribution in [0.25, 0.3) is 16.7 Å². The first-order valence-corrected chi connectivity index (χ1v) is 10.7. The molecule has 3 N–H and O–H groups in total. The number of hydrazone groups is 1. The summed E-state index contributed by atoms with van der Waals surface area (Å²) in [4.78, 5) is 13.5. The van der Waals surface area contributed by atoms with Gasteiger partial charge in [0, 0.05) is 16.9 Å². The maximum absolute atomic E-state index is 10.4. The Hall–Kier alpha value is -4.79. The fourth-order valence-corrected chi connectivity index (χ4v) is 3.62. The molecule has 2 aromatic heterocycles. The molecule has 5 aromatic rings. The summed E-state index contributed by atoms with van der Waals surface area (Å²) in [6.07, 6.45) is 1.55. The Kier molecular flexibility index (Phi) is 5.57. The van der Waals surface area contributed by atoms with Crippen molar-refractivity contribution >= 4 is 34.6 Å². The molecule has 0 saturated heterocycles. The maximum atomic E-state index is 10.4. The molecule has 168 valence electrons. The summed E-state index contributed by atoms with van der Waals surface area (Å²) in [6.45, 7) is 3.84. The number of nitrogens with zero attached hydrogens (tertiary/aromatic N) is 6. The van der Waals surface area contributed by atoms with Crippen molar-refractivity contribution in [3.8, 4) is 11.7 Å². The Bertz CT molecular complexity index is 1490. The normalized spacial score (nSPS) is 11.2. The average molecular weight is 451 g/mol. The highest BCUT2D eigenvalue weighted by molar-refractivity contribution is 6.02. The molecule has 3 aromatic carbocycles. The average Bonchev–Trinajstić information content (AvgIpc) is 3.19. The molecule has 0 unspecified atom stereocenters. The number of benzene rings is 3. The molecule has 5 rings (SSSR count). The summed E-state index contributed by atoms with van der Waals surface area (Å²) in [5, 5.41) is 24.2. The highest BCUT2D eigenvalue weighted by atomic mass is 16.3. The number of rotatable bonds is 6. The van der Waals surface area contributed by atoms with Crippen molar-refractivity contribution < 1.29 is 5.11 Å². The van der Waals surface area contributed by atoms with Gasteiger partial charge in [-0.3, -0.25) is 0 Å². The van der Waals surface area contributed by atoms with Crippen LogP contribution in [-0.4, -0.2) is 36.1 Å². The summed E-state index contributed by atoms with van der Waals surface area (Å²) in [5.41, 5.74) is 6.05. The number of aryl methyl sites for hydroxylation is 2. The van der Waals surface area contributed by atoms with E-state index in [-0.39, 0.29) is 11.7 Å². The van der Waals surface area contributed by atoms with E-state index < -0.39 is 0 Å². The van der Waals surface area contributed by atoms with Crippen LogP contribution in [0.1, 0.15) is 17.0 Å². The van der Waals surface area contributed by atoms with Crippen molar-refractivity contribution in [1.82, 2.24) is 24.7 Å². The van der Waals surface area contributed by atoms with E-state index in [1.807, 2.05) is 80.6 Å². The van der Waals surface area contributed by atoms with Gasteiger partial charge in [0.1, 0.15) is 5.75 Å². The molecule has 0 bridgehead atoms. The van der Waals surface area contributed by atoms with Gasteiger partial charge in [0.2, 0.25) is 11.9 Å². The molecular formula is C25H22N8O. The van der Waals surface area contributed by atoms with Gasteiger partial charge in [0.15, 0.2) is 0 Å². The van der Waals surface area contributed by atoms with E-state index in [1.54, 1.807) is 17.0 Å². The van der Waals surface area contributed by atoms with Crippen molar-refractivity contribution in [3.05, 3.63) is 89.7 Å². The Morgan fingerprint density at radius 1 is 0.882 bits per heavy atom. The molecule has 0 aliphatic heterocycles. The van der Waals surface area contributed by atoms with Crippen molar-refractivity contribution in [3.63, 3.8) is 0 Å². The van der Waals surface area contributed by atoms with Gasteiger partial charge in [-0.15, -0.1) is 0 Å². The number of hydrogen-bond acceptors (Lipinski definition) is 8. The van der Waals surface area contributed by atoms with Crippen LogP contribution in [0.2, 0.25) is 0 Å². The van der Waals surface area contributed by atoms with Gasteiger partial charge in [-0.1, -0.05) is 48.5 Å². The SMILES string of the molecule is Cc1cc(C)n(-c2nc(NN=Cc3c(O)ccc4ccccc34)nc(Nc3ccccc3)n2)n1. The molecule has 0 saturated carbocycles. The Morgan fingerprint density at radius 3 is 2.44 bits per heavy atom. The second-order valence-corrected chi connectivity index (χ2v) is 7.70. The number of aromatic hydroxyl groups is 1. The van der Waals surface area contributed by atoms with Crippen LogP contribution in [0.4, 0.5) is 17.6 Å². The molecule has 0 aliphatic rings. The minimum absolute atomic E-state index is 0.134. The summed E-state index contributed by atoms with van der Waals surface area (Å²) in [7, 11) is 0. The molecule has 0 spiro atoms. The van der Waals surface area contributed by atoms with Gasteiger partial charge >= 0.3 is 0 Å². The number of phenolic OH excluding ortho intramolecular Hbond substituents is 1. The third kappa shape index (κ3) is 4.40. The smallest absolute Gasteiger partial charge is 0.257 e. The van der Waals surface area contributed by atoms with Crippen LogP contribution in [0.3, 0.4) is 0 Å². The fraction of sp³-hybridized carbons (Fsp3) is 0.0800. The second-order valence-electron chi connectivity index (χ2n) is 7.70. The Morgan fingerprint density at radius 2 is 1.65 bits per heavy atom. The van der Waals surface area contributed by atoms with E-state index in [0.29, 0.717) is 17.5 Å². The van der Waals surface area contributed by atoms with Gasteiger partial charge < -0.3 is 10.4 Å². The largest absolute Gasteiger partial charge is 0.507 e. The highest BCUT2D eigenvalue weighted by Crippen LogP contribution is 2.25. The third-order valence-corrected chi connectivity index (χ3v) is 5.16. The lowest BCUT2D eigenvalue weighted by atomic mass is 10.0. The van der Waals surface area contributed by atoms with Gasteiger partial charge in [-0.25, -0.2) is 10.1 Å². The van der Waals surface area contributed by atoms with Gasteiger partial charge in [-0.05, 0) is 48.9 Å². The van der Waals surface area contributed by atoms with E-state index in [2.05, 4.69) is 35.9 Å². The van der Waals surface area contributed by atoms with Crippen molar-refractivity contribution in [2.24, 2.45) is 5.10 Å². The molecule has 0 aliphatic carbocycles. The lowest BCUT2D eigenvalue weighted by Crippen LogP contribution is -2.11. The van der Waals surface area contributed by atoms with Gasteiger partial charge in [0.05, 0.1) is 11.9 Å².